The van der Waals surface area contributed by atoms with Crippen molar-refractivity contribution in [1.82, 2.24) is 14.1 Å². The van der Waals surface area contributed by atoms with Gasteiger partial charge in [0.1, 0.15) is 17.3 Å². The third kappa shape index (κ3) is 6.93. The van der Waals surface area contributed by atoms with Crippen LogP contribution in [0.5, 0.6) is 11.5 Å². The Labute approximate surface area is 402 Å². The van der Waals surface area contributed by atoms with Crippen molar-refractivity contribution < 1.29 is 38.1 Å². The molecule has 10 rings (SSSR count). The highest BCUT2D eigenvalue weighted by Crippen LogP contribution is 2.53. The summed E-state index contributed by atoms with van der Waals surface area (Å²) >= 11 is 0. The number of hydrogen-bond acceptors (Lipinski definition) is 2. The van der Waals surface area contributed by atoms with Crippen molar-refractivity contribution in [1.29, 1.82) is 0 Å². The minimum absolute atomic E-state index is 0.0157. The summed E-state index contributed by atoms with van der Waals surface area (Å²) in [5, 5.41) is 1.90. The summed E-state index contributed by atoms with van der Waals surface area (Å²) in [5.74, 6) is 1.37. The molecule has 0 atom stereocenters. The van der Waals surface area contributed by atoms with E-state index in [0.29, 0.717) is 11.6 Å². The molecule has 3 heterocycles. The van der Waals surface area contributed by atoms with Gasteiger partial charge in [-0.15, -0.1) is 0 Å². The third-order valence-corrected chi connectivity index (χ3v) is 11.6. The lowest BCUT2D eigenvalue weighted by atomic mass is 9.58. The van der Waals surface area contributed by atoms with Gasteiger partial charge in [-0.3, -0.25) is 13.7 Å². The fraction of sp³-hybridized carbons (Fsp3) is 0.276. The van der Waals surface area contributed by atoms with Crippen LogP contribution in [0.15, 0.2) is 146 Å². The molecule has 0 aliphatic heterocycles. The molecule has 5 nitrogen and oxygen atoms in total. The number of rotatable bonds is 6. The van der Waals surface area contributed by atoms with Gasteiger partial charge in [-0.1, -0.05) is 154 Å². The fourth-order valence-electron chi connectivity index (χ4n) is 8.65. The molecule has 63 heavy (non-hydrogen) atoms. The van der Waals surface area contributed by atoms with E-state index in [2.05, 4.69) is 31.7 Å². The minimum Gasteiger partial charge on any atom is -0.458 e. The maximum absolute atomic E-state index is 9.88. The van der Waals surface area contributed by atoms with Gasteiger partial charge in [0.05, 0.1) is 40.3 Å². The Hall–Kier alpha value is -6.46. The SMILES string of the molecule is [2H]c1c([2H])c([2H])c(-c2cc(C(C)(C)C)c3c(c2-[n+]2[c-]n(-c4cccc(Oc5ccc6c7ccccc7n(-c7cc(C(C)(C)C)ccn7)c6c5)c4)c4ccccc42)C(C([2H])([2H])[2H])(C([2H])([2H])[2H])C([2H])([2H])C([2H])([2H])C3(C([2H])([2H])[2H])C([2H])([2H])[2H])c([2H])c1[2H]. The molecule has 1 aliphatic rings. The lowest BCUT2D eigenvalue weighted by Crippen LogP contribution is -2.43. The summed E-state index contributed by atoms with van der Waals surface area (Å²) in [6.07, 6.45) is -4.05. The average molecular weight is 848 g/mol. The second-order valence-electron chi connectivity index (χ2n) is 18.1. The number of benzene rings is 6. The van der Waals surface area contributed by atoms with Crippen molar-refractivity contribution in [2.75, 3.05) is 0 Å². The number of para-hydroxylation sites is 3. The molecule has 0 bridgehead atoms. The van der Waals surface area contributed by atoms with Crippen molar-refractivity contribution in [3.8, 4) is 39.8 Å². The average Bonchev–Trinajstić information content (AvgIpc) is 0.700. The van der Waals surface area contributed by atoms with Gasteiger partial charge in [-0.2, -0.15) is 0 Å². The highest BCUT2D eigenvalue weighted by molar-refractivity contribution is 6.09. The fourth-order valence-corrected chi connectivity index (χ4v) is 8.65. The Bertz CT molecular complexity index is 4110. The molecule has 0 saturated carbocycles. The summed E-state index contributed by atoms with van der Waals surface area (Å²) < 4.78 is 207. The van der Waals surface area contributed by atoms with E-state index in [9.17, 15) is 24.7 Å². The molecule has 1 aliphatic carbocycles. The van der Waals surface area contributed by atoms with Crippen LogP contribution in [0.25, 0.3) is 61.2 Å². The summed E-state index contributed by atoms with van der Waals surface area (Å²) in [4.78, 5) is 4.79. The number of ether oxygens (including phenoxy) is 1. The highest BCUT2D eigenvalue weighted by atomic mass is 16.5. The smallest absolute Gasteiger partial charge is 0.269 e. The first-order valence-corrected chi connectivity index (χ1v) is 20.6. The minimum atomic E-state index is -4.52. The van der Waals surface area contributed by atoms with Crippen molar-refractivity contribution in [3.05, 3.63) is 174 Å². The second kappa shape index (κ2) is 14.6. The normalized spacial score (nSPS) is 22.2. The van der Waals surface area contributed by atoms with Gasteiger partial charge in [0.2, 0.25) is 0 Å². The van der Waals surface area contributed by atoms with E-state index in [1.807, 2.05) is 54.6 Å². The van der Waals surface area contributed by atoms with E-state index in [0.717, 1.165) is 38.0 Å². The van der Waals surface area contributed by atoms with E-state index in [1.54, 1.807) is 42.6 Å². The number of imidazole rings is 1. The van der Waals surface area contributed by atoms with E-state index >= 15 is 0 Å². The topological polar surface area (TPSA) is 35.9 Å². The Balaban J connectivity index is 1.33. The Morgan fingerprint density at radius 1 is 0.698 bits per heavy atom. The van der Waals surface area contributed by atoms with Crippen LogP contribution in [0, 0.1) is 6.33 Å². The summed E-state index contributed by atoms with van der Waals surface area (Å²) in [7, 11) is 0. The molecule has 0 amide bonds. The molecule has 0 radical (unpaired) electrons. The number of nitrogens with zero attached hydrogens (tertiary/aromatic N) is 4. The maximum atomic E-state index is 9.88. The highest BCUT2D eigenvalue weighted by Gasteiger charge is 2.43. The van der Waals surface area contributed by atoms with Crippen LogP contribution < -0.4 is 9.30 Å². The quantitative estimate of drug-likeness (QED) is 0.123. The zero-order chi connectivity index (χ0) is 62.0. The first-order valence-electron chi connectivity index (χ1n) is 31.1. The van der Waals surface area contributed by atoms with Crippen molar-refractivity contribution in [2.24, 2.45) is 0 Å². The zero-order valence-corrected chi connectivity index (χ0v) is 35.7. The van der Waals surface area contributed by atoms with E-state index in [-0.39, 0.29) is 27.9 Å². The predicted octanol–water partition coefficient (Wildman–Crippen LogP) is 14.6. The van der Waals surface area contributed by atoms with Crippen molar-refractivity contribution in [2.45, 2.75) is 103 Å². The second-order valence-corrected chi connectivity index (χ2v) is 18.1. The lowest BCUT2D eigenvalue weighted by Gasteiger charge is -2.47. The van der Waals surface area contributed by atoms with E-state index < -0.39 is 120 Å². The molecule has 0 unspecified atom stereocenters. The number of aromatic nitrogens is 4. The molecule has 3 aromatic heterocycles. The number of hydrogen-bond donors (Lipinski definition) is 0. The first kappa shape index (κ1) is 23.3. The predicted molar refractivity (Wildman–Crippen MR) is 260 cm³/mol. The van der Waals surface area contributed by atoms with Crippen LogP contribution in [0.3, 0.4) is 0 Å². The van der Waals surface area contributed by atoms with Crippen molar-refractivity contribution >= 4 is 32.8 Å². The molecule has 316 valence electrons. The van der Waals surface area contributed by atoms with Gasteiger partial charge in [-0.25, -0.2) is 4.98 Å². The van der Waals surface area contributed by atoms with Gasteiger partial charge in [0.25, 0.3) is 6.33 Å². The van der Waals surface area contributed by atoms with Crippen LogP contribution in [0.1, 0.15) is 133 Å². The largest absolute Gasteiger partial charge is 0.458 e. The lowest BCUT2D eigenvalue weighted by molar-refractivity contribution is -0.572. The van der Waals surface area contributed by atoms with Crippen LogP contribution in [0.4, 0.5) is 0 Å². The van der Waals surface area contributed by atoms with Gasteiger partial charge in [0.15, 0.2) is 0 Å². The molecule has 6 aromatic carbocycles. The summed E-state index contributed by atoms with van der Waals surface area (Å²) in [6.45, 7) is -6.21. The summed E-state index contributed by atoms with van der Waals surface area (Å²) in [6, 6.07) is 26.9. The third-order valence-electron chi connectivity index (χ3n) is 11.6. The van der Waals surface area contributed by atoms with Gasteiger partial charge >= 0.3 is 0 Å². The zero-order valence-electron chi connectivity index (χ0n) is 56.7. The number of fused-ring (bicyclic) bond motifs is 5. The van der Waals surface area contributed by atoms with Crippen LogP contribution in [-0.4, -0.2) is 14.1 Å². The van der Waals surface area contributed by atoms with Gasteiger partial charge in [-0.05, 0) is 116 Å². The molecule has 0 fully saturated rings. The Morgan fingerprint density at radius 3 is 2.14 bits per heavy atom. The molecule has 0 N–H and O–H groups in total. The number of pyridine rings is 1. The Morgan fingerprint density at radius 2 is 1.40 bits per heavy atom. The van der Waals surface area contributed by atoms with E-state index in [1.165, 1.54) is 37.5 Å². The summed E-state index contributed by atoms with van der Waals surface area (Å²) in [5.41, 5.74) is -12.1. The first-order chi connectivity index (χ1) is 38.6. The van der Waals surface area contributed by atoms with Crippen LogP contribution >= 0.6 is 0 Å². The van der Waals surface area contributed by atoms with Gasteiger partial charge in [0, 0.05) is 45.0 Å². The molecule has 5 heteroatoms. The molecular weight excluding hydrogens is 769 g/mol. The monoisotopic (exact) mass is 848 g/mol. The Kier molecular flexibility index (Phi) is 5.38. The van der Waals surface area contributed by atoms with Crippen LogP contribution in [0.2, 0.25) is 0 Å². The molecule has 0 saturated heterocycles. The molecule has 9 aromatic rings. The van der Waals surface area contributed by atoms with Crippen LogP contribution in [-0.2, 0) is 21.7 Å². The van der Waals surface area contributed by atoms with Crippen molar-refractivity contribution in [3.63, 3.8) is 0 Å². The maximum Gasteiger partial charge on any atom is 0.269 e. The molecular formula is C58H58N4O. The standard InChI is InChI=1S/C58H58N4O/c1-55(2,3)39-29-32-59-51(33-39)62-47-24-15-14-23-43(47)44-28-27-42(35-50(44)62)63-41-22-18-21-40(34-41)60-37-61(49-26-17-16-25-48(49)60)54-45(38-19-12-11-13-20-38)36-46(56(4,5)6)52-53(54)58(9,10)31-30-57(52,7)8/h11-29,32-36H,30-31H2,1-10H3/i7D3,8D3,9D3,10D3,11D,12D,13D,19D,20D,30D2,31D2. The van der Waals surface area contributed by atoms with Gasteiger partial charge < -0.3 is 4.74 Å². The van der Waals surface area contributed by atoms with E-state index in [4.69, 9.17) is 13.8 Å². The molecule has 0 spiro atoms.